The lowest BCUT2D eigenvalue weighted by Gasteiger charge is -2.06. The monoisotopic (exact) mass is 276 g/mol. The molecule has 1 rings (SSSR count). The molecule has 72 valence electrons. The smallest absolute Gasteiger partial charge is 0.205 e. The number of nitrogens with zero attached hydrogens (tertiary/aromatic N) is 2. The van der Waals surface area contributed by atoms with Crippen LogP contribution in [0.4, 0.5) is 0 Å². The average molecular weight is 278 g/mol. The minimum atomic E-state index is -0.153. The zero-order chi connectivity index (χ0) is 10.0. The minimum Gasteiger partial charge on any atom is -0.205 e. The van der Waals surface area contributed by atoms with Crippen molar-refractivity contribution < 1.29 is 0 Å². The Kier molecular flexibility index (Phi) is 4.39. The summed E-state index contributed by atoms with van der Waals surface area (Å²) in [5.74, 6) is 0. The fourth-order valence-corrected chi connectivity index (χ4v) is 2.42. The first-order chi connectivity index (χ1) is 6.00. The quantitative estimate of drug-likeness (QED) is 0.352. The van der Waals surface area contributed by atoms with Crippen molar-refractivity contribution in [3.63, 3.8) is 0 Å². The summed E-state index contributed by atoms with van der Waals surface area (Å²) in [7, 11) is 0. The van der Waals surface area contributed by atoms with E-state index in [2.05, 4.69) is 9.97 Å². The molecule has 0 amide bonds. The molecule has 1 unspecified atom stereocenters. The van der Waals surface area contributed by atoms with Gasteiger partial charge in [-0.1, -0.05) is 23.2 Å². The predicted molar refractivity (Wildman–Crippen MR) is 58.2 cm³/mol. The zero-order valence-electron chi connectivity index (χ0n) is 6.39. The largest absolute Gasteiger partial charge is 0.225 e. The molecule has 0 saturated carbocycles. The first kappa shape index (κ1) is 11.7. The van der Waals surface area contributed by atoms with Gasteiger partial charge < -0.3 is 0 Å². The number of halogens is 4. The van der Waals surface area contributed by atoms with Crippen LogP contribution >= 0.6 is 58.2 Å². The van der Waals surface area contributed by atoms with Gasteiger partial charge in [0.05, 0.1) is 9.60 Å². The van der Waals surface area contributed by atoms with Crippen LogP contribution in [0.2, 0.25) is 15.6 Å². The molecule has 2 nitrogen and oxygen atoms in total. The summed E-state index contributed by atoms with van der Waals surface area (Å²) in [4.78, 5) is 8.04. The highest BCUT2D eigenvalue weighted by molar-refractivity contribution is 8.01. The third-order valence-corrected chi connectivity index (χ3v) is 3.19. The maximum Gasteiger partial charge on any atom is 0.225 e. The lowest BCUT2D eigenvalue weighted by Crippen LogP contribution is -1.91. The van der Waals surface area contributed by atoms with E-state index in [1.807, 2.05) is 0 Å². The van der Waals surface area contributed by atoms with Crippen molar-refractivity contribution in [1.29, 1.82) is 0 Å². The number of alkyl halides is 1. The van der Waals surface area contributed by atoms with E-state index in [0.717, 1.165) is 0 Å². The van der Waals surface area contributed by atoms with Crippen LogP contribution in [0.15, 0.2) is 4.90 Å². The topological polar surface area (TPSA) is 25.8 Å². The van der Waals surface area contributed by atoms with Crippen LogP contribution in [0.3, 0.4) is 0 Å². The summed E-state index contributed by atoms with van der Waals surface area (Å²) in [6.07, 6.45) is 0. The van der Waals surface area contributed by atoms with Crippen LogP contribution in [0.5, 0.6) is 0 Å². The highest BCUT2D eigenvalue weighted by atomic mass is 35.5. The highest BCUT2D eigenvalue weighted by Crippen LogP contribution is 2.35. The third-order valence-electron chi connectivity index (χ3n) is 1.04. The standard InChI is InChI=1S/C6H4Cl4N2S/c1-2(7)13-3-4(8)11-6(10)12-5(3)9/h2H,1H3. The fraction of sp³-hybridized carbons (Fsp3) is 0.333. The lowest BCUT2D eigenvalue weighted by molar-refractivity contribution is 1.10. The van der Waals surface area contributed by atoms with Crippen LogP contribution in [0.1, 0.15) is 6.92 Å². The maximum absolute atomic E-state index is 5.78. The second-order valence-electron chi connectivity index (χ2n) is 2.06. The number of aromatic nitrogens is 2. The van der Waals surface area contributed by atoms with Gasteiger partial charge >= 0.3 is 0 Å². The summed E-state index contributed by atoms with van der Waals surface area (Å²) in [5.41, 5.74) is 0. The van der Waals surface area contributed by atoms with Crippen molar-refractivity contribution in [1.82, 2.24) is 9.97 Å². The summed E-state index contributed by atoms with van der Waals surface area (Å²) < 4.78 is -0.153. The fourth-order valence-electron chi connectivity index (χ4n) is 0.633. The molecule has 1 atom stereocenters. The Labute approximate surface area is 99.9 Å². The molecule has 7 heteroatoms. The number of hydrogen-bond donors (Lipinski definition) is 0. The summed E-state index contributed by atoms with van der Waals surface area (Å²) >= 11 is 24.1. The molecule has 1 aromatic rings. The van der Waals surface area contributed by atoms with E-state index in [0.29, 0.717) is 4.90 Å². The van der Waals surface area contributed by atoms with Crippen molar-refractivity contribution in [3.8, 4) is 0 Å². The van der Waals surface area contributed by atoms with E-state index in [-0.39, 0.29) is 20.3 Å². The van der Waals surface area contributed by atoms with Crippen molar-refractivity contribution >= 4 is 58.2 Å². The van der Waals surface area contributed by atoms with E-state index in [9.17, 15) is 0 Å². The molecule has 0 radical (unpaired) electrons. The van der Waals surface area contributed by atoms with Gasteiger partial charge in [0.25, 0.3) is 0 Å². The van der Waals surface area contributed by atoms with Gasteiger partial charge in [-0.15, -0.1) is 23.4 Å². The normalized spacial score (nSPS) is 13.0. The minimum absolute atomic E-state index is 0.0292. The molecule has 0 aliphatic heterocycles. The molecule has 0 saturated heterocycles. The lowest BCUT2D eigenvalue weighted by atomic mass is 10.7. The summed E-state index contributed by atoms with van der Waals surface area (Å²) in [5, 5.41) is 0.478. The Bertz CT molecular complexity index is 294. The van der Waals surface area contributed by atoms with Crippen LogP contribution in [0, 0.1) is 0 Å². The van der Waals surface area contributed by atoms with Gasteiger partial charge in [-0.25, -0.2) is 9.97 Å². The molecule has 0 aliphatic carbocycles. The van der Waals surface area contributed by atoms with E-state index in [4.69, 9.17) is 46.4 Å². The molecule has 0 fully saturated rings. The number of rotatable bonds is 2. The van der Waals surface area contributed by atoms with Crippen LogP contribution in [-0.2, 0) is 0 Å². The predicted octanol–water partition coefficient (Wildman–Crippen LogP) is 4.11. The van der Waals surface area contributed by atoms with Gasteiger partial charge in [0.1, 0.15) is 10.3 Å². The van der Waals surface area contributed by atoms with Crippen molar-refractivity contribution in [2.24, 2.45) is 0 Å². The number of thioether (sulfide) groups is 1. The van der Waals surface area contributed by atoms with Gasteiger partial charge in [-0.2, -0.15) is 0 Å². The molecule has 0 aliphatic rings. The van der Waals surface area contributed by atoms with Crippen molar-refractivity contribution in [2.45, 2.75) is 16.5 Å². The second kappa shape index (κ2) is 4.89. The molecule has 1 heterocycles. The van der Waals surface area contributed by atoms with Gasteiger partial charge in [0, 0.05) is 0 Å². The Morgan fingerprint density at radius 2 is 1.62 bits per heavy atom. The van der Waals surface area contributed by atoms with Gasteiger partial charge in [-0.3, -0.25) is 0 Å². The maximum atomic E-state index is 5.78. The average Bonchev–Trinajstić information content (AvgIpc) is 1.96. The van der Waals surface area contributed by atoms with Crippen molar-refractivity contribution in [2.75, 3.05) is 0 Å². The van der Waals surface area contributed by atoms with Crippen LogP contribution < -0.4 is 0 Å². The van der Waals surface area contributed by atoms with Gasteiger partial charge in [-0.05, 0) is 18.5 Å². The van der Waals surface area contributed by atoms with E-state index >= 15 is 0 Å². The Morgan fingerprint density at radius 3 is 2.00 bits per heavy atom. The molecular formula is C6H4Cl4N2S. The van der Waals surface area contributed by atoms with Gasteiger partial charge in [0.2, 0.25) is 5.28 Å². The molecule has 0 N–H and O–H groups in total. The Hall–Kier alpha value is 0.590. The molecular weight excluding hydrogens is 274 g/mol. The molecule has 13 heavy (non-hydrogen) atoms. The van der Waals surface area contributed by atoms with E-state index in [1.165, 1.54) is 11.8 Å². The molecule has 0 bridgehead atoms. The number of hydrogen-bond acceptors (Lipinski definition) is 3. The first-order valence-electron chi connectivity index (χ1n) is 3.20. The SMILES string of the molecule is CC(Cl)Sc1c(Cl)nc(Cl)nc1Cl. The van der Waals surface area contributed by atoms with Crippen LogP contribution in [0.25, 0.3) is 0 Å². The Morgan fingerprint density at radius 1 is 1.15 bits per heavy atom. The molecule has 0 spiro atoms. The second-order valence-corrected chi connectivity index (χ2v) is 5.38. The summed E-state index contributed by atoms with van der Waals surface area (Å²) in [6, 6.07) is 0. The van der Waals surface area contributed by atoms with Crippen LogP contribution in [-0.4, -0.2) is 14.7 Å². The van der Waals surface area contributed by atoms with Gasteiger partial charge in [0.15, 0.2) is 0 Å². The van der Waals surface area contributed by atoms with Crippen molar-refractivity contribution in [3.05, 3.63) is 15.6 Å². The molecule has 1 aromatic heterocycles. The highest BCUT2D eigenvalue weighted by Gasteiger charge is 2.13. The van der Waals surface area contributed by atoms with E-state index in [1.54, 1.807) is 6.92 Å². The zero-order valence-corrected chi connectivity index (χ0v) is 10.2. The Balaban J connectivity index is 3.06. The first-order valence-corrected chi connectivity index (χ1v) is 5.65. The summed E-state index contributed by atoms with van der Waals surface area (Å²) in [6.45, 7) is 1.80. The van der Waals surface area contributed by atoms with E-state index < -0.39 is 0 Å². The third kappa shape index (κ3) is 3.33. The molecule has 0 aromatic carbocycles.